The summed E-state index contributed by atoms with van der Waals surface area (Å²) in [7, 11) is 2.79. The zero-order valence-corrected chi connectivity index (χ0v) is 11.6. The van der Waals surface area contributed by atoms with E-state index in [0.29, 0.717) is 0 Å². The van der Waals surface area contributed by atoms with Crippen LogP contribution in [0.25, 0.3) is 0 Å². The number of amides is 1. The first-order valence-electron chi connectivity index (χ1n) is 5.08. The molecule has 0 saturated carbocycles. The Morgan fingerprint density at radius 2 is 2.11 bits per heavy atom. The molecule has 1 aromatic rings. The summed E-state index contributed by atoms with van der Waals surface area (Å²) < 4.78 is 38.1. The molecule has 9 heteroatoms. The van der Waals surface area contributed by atoms with Gasteiger partial charge in [0, 0.05) is 14.1 Å². The zero-order valence-electron chi connectivity index (χ0n) is 10.1. The molecule has 1 amide bonds. The van der Waals surface area contributed by atoms with Crippen LogP contribution in [-0.4, -0.2) is 30.7 Å². The lowest BCUT2D eigenvalue weighted by atomic mass is 10.2. The smallest absolute Gasteiger partial charge is 0.373 e. The van der Waals surface area contributed by atoms with Crippen molar-refractivity contribution in [3.05, 3.63) is 16.7 Å². The number of rotatable bonds is 4. The number of hydrogen-bond acceptors (Lipinski definition) is 4. The average molecular weight is 314 g/mol. The van der Waals surface area contributed by atoms with E-state index in [1.165, 1.54) is 14.1 Å². The van der Waals surface area contributed by atoms with Crippen LogP contribution < -0.4 is 10.6 Å². The summed E-state index contributed by atoms with van der Waals surface area (Å²) in [6, 6.07) is 0.798. The van der Waals surface area contributed by atoms with Gasteiger partial charge in [-0.25, -0.2) is 4.98 Å². The molecule has 1 heterocycles. The van der Waals surface area contributed by atoms with Gasteiger partial charge < -0.3 is 10.6 Å². The topological polar surface area (TPSA) is 54.0 Å². The maximum atomic E-state index is 12.7. The third-order valence-corrected chi connectivity index (χ3v) is 3.50. The van der Waals surface area contributed by atoms with Crippen molar-refractivity contribution < 1.29 is 18.0 Å². The lowest BCUT2D eigenvalue weighted by molar-refractivity contribution is -0.137. The quantitative estimate of drug-likeness (QED) is 0.839. The largest absolute Gasteiger partial charge is 0.420 e. The van der Waals surface area contributed by atoms with Gasteiger partial charge in [0.25, 0.3) is 0 Å². The zero-order chi connectivity index (χ0) is 14.6. The van der Waals surface area contributed by atoms with Crippen LogP contribution in [0.5, 0.6) is 0 Å². The number of alkyl halides is 3. The summed E-state index contributed by atoms with van der Waals surface area (Å²) in [6.45, 7) is 0. The minimum Gasteiger partial charge on any atom is -0.373 e. The second-order valence-corrected chi connectivity index (χ2v) is 4.75. The highest BCUT2D eigenvalue weighted by molar-refractivity contribution is 8.00. The van der Waals surface area contributed by atoms with Crippen LogP contribution in [0.2, 0.25) is 5.02 Å². The summed E-state index contributed by atoms with van der Waals surface area (Å²) in [5, 5.41) is 4.79. The van der Waals surface area contributed by atoms with E-state index in [1.54, 1.807) is 0 Å². The normalized spacial score (nSPS) is 11.3. The molecule has 106 valence electrons. The number of carbonyl (C=O) groups is 1. The van der Waals surface area contributed by atoms with E-state index in [4.69, 9.17) is 11.6 Å². The third kappa shape index (κ3) is 4.17. The summed E-state index contributed by atoms with van der Waals surface area (Å²) >= 11 is 6.71. The Labute approximate surface area is 117 Å². The van der Waals surface area contributed by atoms with Gasteiger partial charge in [-0.1, -0.05) is 23.4 Å². The van der Waals surface area contributed by atoms with Crippen LogP contribution in [0.1, 0.15) is 5.56 Å². The van der Waals surface area contributed by atoms with Crippen molar-refractivity contribution >= 4 is 35.1 Å². The van der Waals surface area contributed by atoms with E-state index in [0.717, 1.165) is 17.8 Å². The number of pyridine rings is 1. The molecule has 2 N–H and O–H groups in total. The first-order chi connectivity index (χ1) is 8.79. The second-order valence-electron chi connectivity index (χ2n) is 3.38. The molecule has 0 fully saturated rings. The van der Waals surface area contributed by atoms with E-state index >= 15 is 0 Å². The van der Waals surface area contributed by atoms with Gasteiger partial charge in [-0.2, -0.15) is 13.2 Å². The van der Waals surface area contributed by atoms with Crippen LogP contribution in [0.3, 0.4) is 0 Å². The molecular formula is C10H11ClF3N3OS. The molecule has 0 aliphatic rings. The van der Waals surface area contributed by atoms with Crippen molar-refractivity contribution in [2.45, 2.75) is 11.2 Å². The summed E-state index contributed by atoms with van der Waals surface area (Å²) in [5.74, 6) is -0.567. The number of thioether (sulfide) groups is 1. The monoisotopic (exact) mass is 313 g/mol. The van der Waals surface area contributed by atoms with Crippen molar-refractivity contribution in [1.82, 2.24) is 10.3 Å². The number of hydrogen-bond donors (Lipinski definition) is 2. The number of carbonyl (C=O) groups excluding carboxylic acids is 1. The molecule has 19 heavy (non-hydrogen) atoms. The van der Waals surface area contributed by atoms with Crippen molar-refractivity contribution in [2.24, 2.45) is 0 Å². The van der Waals surface area contributed by atoms with E-state index in [2.05, 4.69) is 15.6 Å². The van der Waals surface area contributed by atoms with Crippen molar-refractivity contribution in [1.29, 1.82) is 0 Å². The van der Waals surface area contributed by atoms with Crippen LogP contribution >= 0.6 is 23.4 Å². The van der Waals surface area contributed by atoms with E-state index in [1.807, 2.05) is 0 Å². The SMILES string of the molecule is CNC(=O)CSc1nc(NC)c(C(F)(F)F)cc1Cl. The van der Waals surface area contributed by atoms with Crippen LogP contribution in [0.4, 0.5) is 19.0 Å². The van der Waals surface area contributed by atoms with Gasteiger partial charge in [-0.3, -0.25) is 4.79 Å². The Balaban J connectivity index is 3.06. The van der Waals surface area contributed by atoms with Crippen molar-refractivity contribution in [2.75, 3.05) is 25.2 Å². The van der Waals surface area contributed by atoms with Gasteiger partial charge in [-0.15, -0.1) is 0 Å². The van der Waals surface area contributed by atoms with Crippen LogP contribution in [-0.2, 0) is 11.0 Å². The minimum atomic E-state index is -4.54. The number of halogens is 4. The van der Waals surface area contributed by atoms with Gasteiger partial charge in [0.2, 0.25) is 5.91 Å². The van der Waals surface area contributed by atoms with Gasteiger partial charge in [-0.05, 0) is 6.07 Å². The predicted molar refractivity (Wildman–Crippen MR) is 68.6 cm³/mol. The van der Waals surface area contributed by atoms with E-state index in [-0.39, 0.29) is 27.5 Å². The molecule has 0 radical (unpaired) electrons. The number of anilines is 1. The Kier molecular flexibility index (Phi) is 5.30. The number of nitrogens with zero attached hydrogens (tertiary/aromatic N) is 1. The molecule has 0 bridgehead atoms. The Morgan fingerprint density at radius 3 is 2.58 bits per heavy atom. The highest BCUT2D eigenvalue weighted by Crippen LogP contribution is 2.38. The first-order valence-corrected chi connectivity index (χ1v) is 6.44. The standard InChI is InChI=1S/C10H11ClF3N3OS/c1-15-7(18)4-19-9-6(11)3-5(10(12,13)14)8(16-2)17-9/h3H,4H2,1-2H3,(H,15,18)(H,16,17). The van der Waals surface area contributed by atoms with E-state index in [9.17, 15) is 18.0 Å². The fourth-order valence-electron chi connectivity index (χ4n) is 1.19. The maximum absolute atomic E-state index is 12.7. The Bertz CT molecular complexity index is 482. The fourth-order valence-corrected chi connectivity index (χ4v) is 2.27. The van der Waals surface area contributed by atoms with E-state index < -0.39 is 11.7 Å². The molecule has 0 aliphatic carbocycles. The summed E-state index contributed by atoms with van der Waals surface area (Å²) in [4.78, 5) is 14.9. The molecule has 0 unspecified atom stereocenters. The Morgan fingerprint density at radius 1 is 1.47 bits per heavy atom. The van der Waals surface area contributed by atoms with Crippen molar-refractivity contribution in [3.8, 4) is 0 Å². The molecule has 0 saturated heterocycles. The lowest BCUT2D eigenvalue weighted by Gasteiger charge is -2.14. The highest BCUT2D eigenvalue weighted by atomic mass is 35.5. The van der Waals surface area contributed by atoms with Gasteiger partial charge >= 0.3 is 6.18 Å². The first kappa shape index (κ1) is 15.9. The van der Waals surface area contributed by atoms with Gasteiger partial charge in [0.05, 0.1) is 16.3 Å². The lowest BCUT2D eigenvalue weighted by Crippen LogP contribution is -2.20. The number of nitrogens with one attached hydrogen (secondary N) is 2. The Hall–Kier alpha value is -1.15. The van der Waals surface area contributed by atoms with Gasteiger partial charge in [0.15, 0.2) is 0 Å². The molecule has 0 aliphatic heterocycles. The maximum Gasteiger partial charge on any atom is 0.420 e. The van der Waals surface area contributed by atoms with Gasteiger partial charge in [0.1, 0.15) is 10.8 Å². The predicted octanol–water partition coefficient (Wildman–Crippen LogP) is 2.63. The molecular weight excluding hydrogens is 303 g/mol. The molecule has 1 aromatic heterocycles. The summed E-state index contributed by atoms with van der Waals surface area (Å²) in [6.07, 6.45) is -4.54. The van der Waals surface area contributed by atoms with Crippen LogP contribution in [0, 0.1) is 0 Å². The molecule has 1 rings (SSSR count). The molecule has 0 atom stereocenters. The minimum absolute atomic E-state index is 0.0255. The summed E-state index contributed by atoms with van der Waals surface area (Å²) in [5.41, 5.74) is -0.940. The van der Waals surface area contributed by atoms with Crippen LogP contribution in [0.15, 0.2) is 11.1 Å². The number of aromatic nitrogens is 1. The third-order valence-electron chi connectivity index (χ3n) is 2.10. The highest BCUT2D eigenvalue weighted by Gasteiger charge is 2.35. The van der Waals surface area contributed by atoms with Crippen molar-refractivity contribution in [3.63, 3.8) is 0 Å². The average Bonchev–Trinajstić information content (AvgIpc) is 2.35. The molecule has 4 nitrogen and oxygen atoms in total. The molecule has 0 aromatic carbocycles. The fraction of sp³-hybridized carbons (Fsp3) is 0.400. The molecule has 0 spiro atoms. The second kappa shape index (κ2) is 6.33.